The Morgan fingerprint density at radius 2 is 2.00 bits per heavy atom. The number of nitrogens with zero attached hydrogens (tertiary/aromatic N) is 2. The monoisotopic (exact) mass is 410 g/mol. The lowest BCUT2D eigenvalue weighted by Crippen LogP contribution is -2.30. The summed E-state index contributed by atoms with van der Waals surface area (Å²) in [6, 6.07) is 15.0. The van der Waals surface area contributed by atoms with Crippen LogP contribution in [-0.4, -0.2) is 23.7 Å². The molecule has 1 aliphatic heterocycles. The zero-order valence-corrected chi connectivity index (χ0v) is 16.8. The Hall–Kier alpha value is -3.11. The van der Waals surface area contributed by atoms with Crippen molar-refractivity contribution in [1.82, 2.24) is 0 Å². The van der Waals surface area contributed by atoms with Crippen molar-refractivity contribution >= 4 is 29.3 Å². The number of thioether (sulfide) groups is 1. The van der Waals surface area contributed by atoms with Crippen LogP contribution in [0.15, 0.2) is 59.1 Å². The maximum absolute atomic E-state index is 13.4. The molecule has 2 aromatic carbocycles. The summed E-state index contributed by atoms with van der Waals surface area (Å²) in [6.45, 7) is 3.72. The van der Waals surface area contributed by atoms with E-state index in [2.05, 4.69) is 0 Å². The van der Waals surface area contributed by atoms with Gasteiger partial charge in [-0.2, -0.15) is 5.26 Å². The molecule has 7 heteroatoms. The number of amides is 1. The lowest BCUT2D eigenvalue weighted by atomic mass is 10.1. The molecule has 0 bridgehead atoms. The molecule has 1 aliphatic rings. The van der Waals surface area contributed by atoms with Crippen LogP contribution in [0.25, 0.3) is 0 Å². The van der Waals surface area contributed by atoms with Gasteiger partial charge < -0.3 is 4.74 Å². The summed E-state index contributed by atoms with van der Waals surface area (Å²) >= 11 is 1.15. The van der Waals surface area contributed by atoms with Crippen molar-refractivity contribution in [2.24, 2.45) is 0 Å². The van der Waals surface area contributed by atoms with Gasteiger partial charge in [-0.05, 0) is 50.1 Å². The van der Waals surface area contributed by atoms with Crippen LogP contribution < -0.4 is 4.90 Å². The molecule has 29 heavy (non-hydrogen) atoms. The first kappa shape index (κ1) is 20.6. The van der Waals surface area contributed by atoms with E-state index in [1.54, 1.807) is 6.92 Å². The van der Waals surface area contributed by atoms with E-state index in [9.17, 15) is 19.2 Å². The summed E-state index contributed by atoms with van der Waals surface area (Å²) in [5.41, 5.74) is 2.21. The molecule has 0 spiro atoms. The van der Waals surface area contributed by atoms with E-state index in [0.29, 0.717) is 12.1 Å². The van der Waals surface area contributed by atoms with Gasteiger partial charge in [0, 0.05) is 5.69 Å². The fourth-order valence-electron chi connectivity index (χ4n) is 3.05. The Balaban J connectivity index is 2.03. The first-order valence-electron chi connectivity index (χ1n) is 9.07. The lowest BCUT2D eigenvalue weighted by Gasteiger charge is -2.18. The molecule has 2 aromatic rings. The standard InChI is InChI=1S/C22H19FN2O3S/c1-3-28-22(27)18(13-24)21-25(17-9-7-16(23)8-10-17)20(26)19(29-21)12-15-6-4-5-14(2)11-15/h4-11,19H,3,12H2,1-2H3/b21-18-/t19-/m1/s1. The van der Waals surface area contributed by atoms with Gasteiger partial charge >= 0.3 is 5.97 Å². The van der Waals surface area contributed by atoms with Gasteiger partial charge in [-0.3, -0.25) is 9.69 Å². The van der Waals surface area contributed by atoms with Crippen LogP contribution in [0, 0.1) is 24.1 Å². The Kier molecular flexibility index (Phi) is 6.35. The summed E-state index contributed by atoms with van der Waals surface area (Å²) < 4.78 is 18.4. The minimum Gasteiger partial charge on any atom is -0.462 e. The molecule has 1 saturated heterocycles. The lowest BCUT2D eigenvalue weighted by molar-refractivity contribution is -0.138. The summed E-state index contributed by atoms with van der Waals surface area (Å²) in [4.78, 5) is 26.8. The van der Waals surface area contributed by atoms with Crippen molar-refractivity contribution in [3.63, 3.8) is 0 Å². The SMILES string of the molecule is CCOC(=O)/C(C#N)=C1\S[C@H](Cc2cccc(C)c2)C(=O)N1c1ccc(F)cc1. The third kappa shape index (κ3) is 4.49. The molecule has 3 rings (SSSR count). The number of carbonyl (C=O) groups excluding carboxylic acids is 2. The summed E-state index contributed by atoms with van der Waals surface area (Å²) in [5.74, 6) is -1.50. The van der Waals surface area contributed by atoms with Crippen molar-refractivity contribution in [1.29, 1.82) is 5.26 Å². The quantitative estimate of drug-likeness (QED) is 0.421. The van der Waals surface area contributed by atoms with Gasteiger partial charge in [0.25, 0.3) is 0 Å². The zero-order valence-electron chi connectivity index (χ0n) is 16.0. The van der Waals surface area contributed by atoms with E-state index in [1.807, 2.05) is 37.3 Å². The molecule has 0 aliphatic carbocycles. The van der Waals surface area contributed by atoms with Crippen molar-refractivity contribution in [3.05, 3.63) is 76.1 Å². The van der Waals surface area contributed by atoms with Crippen LogP contribution in [0.3, 0.4) is 0 Å². The number of hydrogen-bond donors (Lipinski definition) is 0. The average Bonchev–Trinajstić information content (AvgIpc) is 2.99. The average molecular weight is 410 g/mol. The number of benzene rings is 2. The predicted molar refractivity (Wildman–Crippen MR) is 109 cm³/mol. The van der Waals surface area contributed by atoms with Gasteiger partial charge in [0.2, 0.25) is 5.91 Å². The second-order valence-corrected chi connectivity index (χ2v) is 7.65. The third-order valence-electron chi connectivity index (χ3n) is 4.35. The van der Waals surface area contributed by atoms with Gasteiger partial charge in [0.1, 0.15) is 16.9 Å². The number of carbonyl (C=O) groups is 2. The Morgan fingerprint density at radius 3 is 2.62 bits per heavy atom. The molecule has 0 N–H and O–H groups in total. The van der Waals surface area contributed by atoms with Crippen molar-refractivity contribution in [3.8, 4) is 6.07 Å². The molecular weight excluding hydrogens is 391 g/mol. The van der Waals surface area contributed by atoms with Gasteiger partial charge in [0.15, 0.2) is 5.57 Å². The first-order chi connectivity index (χ1) is 13.9. The van der Waals surface area contributed by atoms with Crippen LogP contribution >= 0.6 is 11.8 Å². The second-order valence-electron chi connectivity index (χ2n) is 6.46. The molecule has 1 fully saturated rings. The number of esters is 1. The molecule has 0 radical (unpaired) electrons. The minimum absolute atomic E-state index is 0.110. The Labute approximate surface area is 172 Å². The summed E-state index contributed by atoms with van der Waals surface area (Å²) in [5, 5.41) is 9.26. The smallest absolute Gasteiger partial charge is 0.351 e. The zero-order chi connectivity index (χ0) is 21.0. The Bertz CT molecular complexity index is 1010. The van der Waals surface area contributed by atoms with E-state index in [1.165, 1.54) is 29.2 Å². The van der Waals surface area contributed by atoms with Crippen LogP contribution in [0.4, 0.5) is 10.1 Å². The number of nitriles is 1. The van der Waals surface area contributed by atoms with Crippen LogP contribution in [-0.2, 0) is 20.7 Å². The normalized spacial score (nSPS) is 17.8. The van der Waals surface area contributed by atoms with E-state index >= 15 is 0 Å². The number of ether oxygens (including phenoxy) is 1. The van der Waals surface area contributed by atoms with Gasteiger partial charge in [-0.15, -0.1) is 0 Å². The molecule has 5 nitrogen and oxygen atoms in total. The van der Waals surface area contributed by atoms with E-state index < -0.39 is 17.0 Å². The second kappa shape index (κ2) is 8.93. The van der Waals surface area contributed by atoms with Crippen LogP contribution in [0.1, 0.15) is 18.1 Å². The summed E-state index contributed by atoms with van der Waals surface area (Å²) in [6.07, 6.45) is 0.438. The summed E-state index contributed by atoms with van der Waals surface area (Å²) in [7, 11) is 0. The van der Waals surface area contributed by atoms with Gasteiger partial charge in [-0.1, -0.05) is 41.6 Å². The van der Waals surface area contributed by atoms with E-state index in [0.717, 1.165) is 22.9 Å². The van der Waals surface area contributed by atoms with Crippen molar-refractivity contribution in [2.45, 2.75) is 25.5 Å². The minimum atomic E-state index is -0.784. The molecule has 148 valence electrons. The first-order valence-corrected chi connectivity index (χ1v) is 9.95. The predicted octanol–water partition coefficient (Wildman–Crippen LogP) is 4.12. The van der Waals surface area contributed by atoms with Crippen molar-refractivity contribution in [2.75, 3.05) is 11.5 Å². The molecule has 1 amide bonds. The highest BCUT2D eigenvalue weighted by atomic mass is 32.2. The molecule has 1 heterocycles. The molecule has 0 aromatic heterocycles. The largest absolute Gasteiger partial charge is 0.462 e. The number of halogens is 1. The topological polar surface area (TPSA) is 70.4 Å². The number of rotatable bonds is 5. The fourth-order valence-corrected chi connectivity index (χ4v) is 4.35. The third-order valence-corrected chi connectivity index (χ3v) is 5.61. The maximum atomic E-state index is 13.4. The van der Waals surface area contributed by atoms with Crippen molar-refractivity contribution < 1.29 is 18.7 Å². The molecule has 1 atom stereocenters. The number of hydrogen-bond acceptors (Lipinski definition) is 5. The molecular formula is C22H19FN2O3S. The van der Waals surface area contributed by atoms with Crippen LogP contribution in [0.5, 0.6) is 0 Å². The fraction of sp³-hybridized carbons (Fsp3) is 0.227. The van der Waals surface area contributed by atoms with E-state index in [4.69, 9.17) is 4.74 Å². The highest BCUT2D eigenvalue weighted by molar-refractivity contribution is 8.05. The molecule has 0 unspecified atom stereocenters. The maximum Gasteiger partial charge on any atom is 0.351 e. The van der Waals surface area contributed by atoms with Gasteiger partial charge in [0.05, 0.1) is 11.9 Å². The highest BCUT2D eigenvalue weighted by Gasteiger charge is 2.41. The van der Waals surface area contributed by atoms with Gasteiger partial charge in [-0.25, -0.2) is 9.18 Å². The van der Waals surface area contributed by atoms with E-state index in [-0.39, 0.29) is 23.1 Å². The molecule has 0 saturated carbocycles. The number of anilines is 1. The van der Waals surface area contributed by atoms with Crippen LogP contribution in [0.2, 0.25) is 0 Å². The highest BCUT2D eigenvalue weighted by Crippen LogP contribution is 2.42. The number of aryl methyl sites for hydroxylation is 1. The Morgan fingerprint density at radius 1 is 1.28 bits per heavy atom.